The second-order valence-corrected chi connectivity index (χ2v) is 5.53. The molecule has 25 heavy (non-hydrogen) atoms. The number of rotatable bonds is 3. The molecule has 0 bridgehead atoms. The minimum absolute atomic E-state index is 0.383. The zero-order chi connectivity index (χ0) is 17.4. The molecule has 0 saturated heterocycles. The topological polar surface area (TPSA) is 78.9 Å². The monoisotopic (exact) mass is 333 g/mol. The van der Waals surface area contributed by atoms with Gasteiger partial charge in [-0.25, -0.2) is 14.2 Å². The smallest absolute Gasteiger partial charge is 0.338 e. The fraction of sp³-hybridized carbons (Fsp3) is 0. The Labute approximate surface area is 141 Å². The summed E-state index contributed by atoms with van der Waals surface area (Å²) in [5.41, 5.74) is 3.03. The first-order valence-electron chi connectivity index (χ1n) is 7.57. The molecular formula is C19H12FN3O2. The Morgan fingerprint density at radius 2 is 1.80 bits per heavy atom. The predicted octanol–water partition coefficient (Wildman–Crippen LogP) is 4.13. The highest BCUT2D eigenvalue weighted by Gasteiger charge is 2.14. The number of carboxylic acid groups (broad SMARTS) is 1. The van der Waals surface area contributed by atoms with Crippen molar-refractivity contribution in [3.8, 4) is 22.5 Å². The molecule has 0 radical (unpaired) electrons. The predicted molar refractivity (Wildman–Crippen MR) is 91.7 cm³/mol. The first kappa shape index (κ1) is 15.0. The molecule has 0 saturated carbocycles. The zero-order valence-electron chi connectivity index (χ0n) is 12.9. The number of hydrogen-bond donors (Lipinski definition) is 2. The Bertz CT molecular complexity index is 1090. The van der Waals surface area contributed by atoms with Crippen LogP contribution in [0.15, 0.2) is 60.7 Å². The van der Waals surface area contributed by atoms with Gasteiger partial charge >= 0.3 is 5.97 Å². The molecule has 0 atom stereocenters. The molecule has 0 aliphatic carbocycles. The normalized spacial score (nSPS) is 10.9. The molecule has 2 aromatic heterocycles. The van der Waals surface area contributed by atoms with E-state index >= 15 is 0 Å². The Morgan fingerprint density at radius 1 is 1.00 bits per heavy atom. The van der Waals surface area contributed by atoms with E-state index in [-0.39, 0.29) is 5.56 Å². The summed E-state index contributed by atoms with van der Waals surface area (Å²) >= 11 is 0. The van der Waals surface area contributed by atoms with Crippen LogP contribution in [-0.4, -0.2) is 26.3 Å². The number of aromatic carboxylic acids is 1. The molecule has 2 N–H and O–H groups in total. The molecule has 0 spiro atoms. The molecule has 4 rings (SSSR count). The third kappa shape index (κ3) is 2.63. The van der Waals surface area contributed by atoms with Crippen molar-refractivity contribution in [1.29, 1.82) is 0 Å². The van der Waals surface area contributed by atoms with Crippen molar-refractivity contribution in [1.82, 2.24) is 15.2 Å². The first-order valence-corrected chi connectivity index (χ1v) is 7.57. The van der Waals surface area contributed by atoms with Gasteiger partial charge in [0.05, 0.1) is 17.0 Å². The number of hydrogen-bond acceptors (Lipinski definition) is 3. The number of carboxylic acids is 1. The van der Waals surface area contributed by atoms with E-state index in [1.165, 1.54) is 12.1 Å². The van der Waals surface area contributed by atoms with E-state index in [0.29, 0.717) is 16.9 Å². The molecular weight excluding hydrogens is 321 g/mol. The lowest BCUT2D eigenvalue weighted by Gasteiger charge is -2.04. The van der Waals surface area contributed by atoms with Gasteiger partial charge < -0.3 is 5.11 Å². The van der Waals surface area contributed by atoms with E-state index in [0.717, 1.165) is 22.7 Å². The summed E-state index contributed by atoms with van der Waals surface area (Å²) in [5.74, 6) is -2.09. The summed E-state index contributed by atoms with van der Waals surface area (Å²) in [7, 11) is 0. The van der Waals surface area contributed by atoms with Crippen LogP contribution in [0.25, 0.3) is 33.5 Å². The maximum atomic E-state index is 13.6. The Morgan fingerprint density at radius 3 is 2.56 bits per heavy atom. The molecule has 6 heteroatoms. The summed E-state index contributed by atoms with van der Waals surface area (Å²) in [5, 5.41) is 17.1. The van der Waals surface area contributed by atoms with E-state index in [4.69, 9.17) is 5.11 Å². The average Bonchev–Trinajstić information content (AvgIpc) is 3.06. The summed E-state index contributed by atoms with van der Waals surface area (Å²) in [6.45, 7) is 0. The second-order valence-electron chi connectivity index (χ2n) is 5.53. The van der Waals surface area contributed by atoms with E-state index in [1.807, 2.05) is 36.4 Å². The number of nitrogens with one attached hydrogen (secondary N) is 1. The maximum absolute atomic E-state index is 13.6. The maximum Gasteiger partial charge on any atom is 0.338 e. The van der Waals surface area contributed by atoms with Crippen LogP contribution in [0.1, 0.15) is 10.4 Å². The van der Waals surface area contributed by atoms with Gasteiger partial charge in [-0.3, -0.25) is 5.10 Å². The molecule has 0 aliphatic heterocycles. The Kier molecular flexibility index (Phi) is 3.50. The quantitative estimate of drug-likeness (QED) is 0.591. The molecule has 2 aromatic carbocycles. The molecule has 122 valence electrons. The summed E-state index contributed by atoms with van der Waals surface area (Å²) in [6, 6.07) is 17.3. The van der Waals surface area contributed by atoms with Gasteiger partial charge in [0.1, 0.15) is 5.82 Å². The van der Waals surface area contributed by atoms with Crippen LogP contribution in [0.4, 0.5) is 4.39 Å². The lowest BCUT2D eigenvalue weighted by molar-refractivity contribution is 0.0692. The number of aromatic amines is 1. The number of fused-ring (bicyclic) bond motifs is 1. The van der Waals surface area contributed by atoms with Crippen molar-refractivity contribution in [2.75, 3.05) is 0 Å². The van der Waals surface area contributed by atoms with Crippen LogP contribution in [-0.2, 0) is 0 Å². The van der Waals surface area contributed by atoms with Crippen LogP contribution >= 0.6 is 0 Å². The van der Waals surface area contributed by atoms with Crippen molar-refractivity contribution in [3.05, 3.63) is 72.0 Å². The van der Waals surface area contributed by atoms with Crippen LogP contribution in [0.2, 0.25) is 0 Å². The number of nitrogens with zero attached hydrogens (tertiary/aromatic N) is 2. The van der Waals surface area contributed by atoms with Gasteiger partial charge in [-0.05, 0) is 30.3 Å². The Balaban J connectivity index is 1.81. The third-order valence-corrected chi connectivity index (χ3v) is 3.97. The van der Waals surface area contributed by atoms with Gasteiger partial charge in [-0.15, -0.1) is 0 Å². The highest BCUT2D eigenvalue weighted by molar-refractivity contribution is 5.93. The van der Waals surface area contributed by atoms with Crippen molar-refractivity contribution in [2.24, 2.45) is 0 Å². The SMILES string of the molecule is O=C(O)c1cc(-c2ccc3c(-c4ccccc4)[nH]nc3n2)ccc1F. The Hall–Kier alpha value is -3.54. The summed E-state index contributed by atoms with van der Waals surface area (Å²) in [4.78, 5) is 15.6. The van der Waals surface area contributed by atoms with Crippen molar-refractivity contribution in [3.63, 3.8) is 0 Å². The van der Waals surface area contributed by atoms with Gasteiger partial charge in [-0.2, -0.15) is 5.10 Å². The zero-order valence-corrected chi connectivity index (χ0v) is 12.9. The van der Waals surface area contributed by atoms with Crippen molar-refractivity contribution in [2.45, 2.75) is 0 Å². The molecule has 0 aliphatic rings. The minimum atomic E-state index is -1.31. The van der Waals surface area contributed by atoms with Crippen molar-refractivity contribution < 1.29 is 14.3 Å². The minimum Gasteiger partial charge on any atom is -0.478 e. The van der Waals surface area contributed by atoms with Gasteiger partial charge in [0.25, 0.3) is 0 Å². The van der Waals surface area contributed by atoms with E-state index in [9.17, 15) is 9.18 Å². The van der Waals surface area contributed by atoms with Gasteiger partial charge in [0, 0.05) is 16.5 Å². The fourth-order valence-electron chi connectivity index (χ4n) is 2.73. The fourth-order valence-corrected chi connectivity index (χ4v) is 2.73. The highest BCUT2D eigenvalue weighted by Crippen LogP contribution is 2.28. The van der Waals surface area contributed by atoms with Gasteiger partial charge in [0.2, 0.25) is 0 Å². The number of pyridine rings is 1. The van der Waals surface area contributed by atoms with Crippen LogP contribution < -0.4 is 0 Å². The lowest BCUT2D eigenvalue weighted by Crippen LogP contribution is -2.00. The number of carbonyl (C=O) groups is 1. The summed E-state index contributed by atoms with van der Waals surface area (Å²) < 4.78 is 13.6. The lowest BCUT2D eigenvalue weighted by atomic mass is 10.1. The standard InChI is InChI=1S/C19H12FN3O2/c20-15-8-6-12(10-14(15)19(24)25)16-9-7-13-17(22-23-18(13)21-16)11-4-2-1-3-5-11/h1-10H,(H,24,25)(H,21,22,23). The largest absolute Gasteiger partial charge is 0.478 e. The first-order chi connectivity index (χ1) is 12.1. The number of benzene rings is 2. The molecule has 2 heterocycles. The molecule has 5 nitrogen and oxygen atoms in total. The third-order valence-electron chi connectivity index (χ3n) is 3.97. The van der Waals surface area contributed by atoms with E-state index < -0.39 is 11.8 Å². The van der Waals surface area contributed by atoms with Crippen molar-refractivity contribution >= 4 is 17.0 Å². The molecule has 0 amide bonds. The van der Waals surface area contributed by atoms with Gasteiger partial charge in [0.15, 0.2) is 5.65 Å². The molecule has 4 aromatic rings. The second kappa shape index (κ2) is 5.83. The molecule has 0 fully saturated rings. The summed E-state index contributed by atoms with van der Waals surface area (Å²) in [6.07, 6.45) is 0. The number of H-pyrrole nitrogens is 1. The number of aromatic nitrogens is 3. The molecule has 0 unspecified atom stereocenters. The van der Waals surface area contributed by atoms with E-state index in [2.05, 4.69) is 15.2 Å². The van der Waals surface area contributed by atoms with Crippen LogP contribution in [0.5, 0.6) is 0 Å². The average molecular weight is 333 g/mol. The number of halogens is 1. The highest BCUT2D eigenvalue weighted by atomic mass is 19.1. The van der Waals surface area contributed by atoms with Crippen LogP contribution in [0.3, 0.4) is 0 Å². The van der Waals surface area contributed by atoms with Gasteiger partial charge in [-0.1, -0.05) is 30.3 Å². The van der Waals surface area contributed by atoms with E-state index in [1.54, 1.807) is 6.07 Å². The van der Waals surface area contributed by atoms with Crippen LogP contribution in [0, 0.1) is 5.82 Å².